The summed E-state index contributed by atoms with van der Waals surface area (Å²) in [5, 5.41) is 6.67. The van der Waals surface area contributed by atoms with E-state index in [1.807, 2.05) is 50.2 Å². The predicted molar refractivity (Wildman–Crippen MR) is 106 cm³/mol. The number of nitrogens with one attached hydrogen (secondary N) is 2. The van der Waals surface area contributed by atoms with Gasteiger partial charge < -0.3 is 20.0 Å². The van der Waals surface area contributed by atoms with E-state index in [1.54, 1.807) is 26.2 Å². The van der Waals surface area contributed by atoms with Crippen LogP contribution >= 0.6 is 0 Å². The number of aryl methyl sites for hydroxylation is 1. The van der Waals surface area contributed by atoms with Gasteiger partial charge in [0.2, 0.25) is 0 Å². The summed E-state index contributed by atoms with van der Waals surface area (Å²) in [7, 11) is 3.38. The van der Waals surface area contributed by atoms with Crippen LogP contribution in [-0.4, -0.2) is 30.9 Å². The standard InChI is InChI=1S/C21H23N3O3/c1-13-9-10-16(20(25)24(3)4)11-17(13)23-21(26)22-14(2)19-12-15-7-5-6-8-18(15)27-19/h5-12,14H,1-4H3,(H2,22,23,26)/t14-/m0/s1. The number of hydrogen-bond donors (Lipinski definition) is 2. The molecule has 0 unspecified atom stereocenters. The molecule has 0 radical (unpaired) electrons. The van der Waals surface area contributed by atoms with Crippen molar-refractivity contribution in [1.29, 1.82) is 0 Å². The van der Waals surface area contributed by atoms with Crippen LogP contribution in [0.15, 0.2) is 52.9 Å². The second-order valence-electron chi connectivity index (χ2n) is 6.74. The Morgan fingerprint density at radius 2 is 1.81 bits per heavy atom. The Morgan fingerprint density at radius 3 is 2.52 bits per heavy atom. The fraction of sp³-hybridized carbons (Fsp3) is 0.238. The van der Waals surface area contributed by atoms with Crippen molar-refractivity contribution < 1.29 is 14.0 Å². The topological polar surface area (TPSA) is 74.6 Å². The van der Waals surface area contributed by atoms with Crippen molar-refractivity contribution in [2.24, 2.45) is 0 Å². The first kappa shape index (κ1) is 18.5. The lowest BCUT2D eigenvalue weighted by Crippen LogP contribution is -2.31. The molecule has 3 rings (SSSR count). The van der Waals surface area contributed by atoms with Crippen LogP contribution < -0.4 is 10.6 Å². The van der Waals surface area contributed by atoms with Gasteiger partial charge in [-0.2, -0.15) is 0 Å². The van der Waals surface area contributed by atoms with Gasteiger partial charge in [-0.25, -0.2) is 4.79 Å². The zero-order chi connectivity index (χ0) is 19.6. The molecule has 140 valence electrons. The first-order valence-corrected chi connectivity index (χ1v) is 8.73. The van der Waals surface area contributed by atoms with Gasteiger partial charge in [-0.15, -0.1) is 0 Å². The van der Waals surface area contributed by atoms with Gasteiger partial charge in [0.1, 0.15) is 11.3 Å². The third kappa shape index (κ3) is 4.11. The van der Waals surface area contributed by atoms with E-state index in [-0.39, 0.29) is 18.0 Å². The Labute approximate surface area is 158 Å². The number of benzene rings is 2. The molecule has 0 aliphatic heterocycles. The van der Waals surface area contributed by atoms with Crippen LogP contribution in [0.5, 0.6) is 0 Å². The molecule has 0 bridgehead atoms. The van der Waals surface area contributed by atoms with Crippen LogP contribution in [0.2, 0.25) is 0 Å². The van der Waals surface area contributed by atoms with Gasteiger partial charge in [0.25, 0.3) is 5.91 Å². The molecule has 27 heavy (non-hydrogen) atoms. The number of hydrogen-bond acceptors (Lipinski definition) is 3. The summed E-state index contributed by atoms with van der Waals surface area (Å²) in [5.74, 6) is 0.564. The van der Waals surface area contributed by atoms with Crippen molar-refractivity contribution in [3.63, 3.8) is 0 Å². The summed E-state index contributed by atoms with van der Waals surface area (Å²) in [6.45, 7) is 3.73. The normalized spacial score (nSPS) is 11.9. The van der Waals surface area contributed by atoms with Crippen LogP contribution in [0.4, 0.5) is 10.5 Å². The Kier molecular flexibility index (Phi) is 5.16. The first-order chi connectivity index (χ1) is 12.8. The van der Waals surface area contributed by atoms with Crippen molar-refractivity contribution in [3.8, 4) is 0 Å². The molecule has 0 aliphatic rings. The van der Waals surface area contributed by atoms with E-state index in [0.717, 1.165) is 16.5 Å². The molecule has 1 aromatic heterocycles. The predicted octanol–water partition coefficient (Wildman–Crippen LogP) is 4.33. The Hall–Kier alpha value is -3.28. The largest absolute Gasteiger partial charge is 0.459 e. The van der Waals surface area contributed by atoms with Crippen LogP contribution in [0, 0.1) is 6.92 Å². The molecule has 6 heteroatoms. The average Bonchev–Trinajstić information content (AvgIpc) is 3.07. The van der Waals surface area contributed by atoms with Crippen LogP contribution in [0.1, 0.15) is 34.6 Å². The van der Waals surface area contributed by atoms with Gasteiger partial charge >= 0.3 is 6.03 Å². The summed E-state index contributed by atoms with van der Waals surface area (Å²) in [4.78, 5) is 26.0. The quantitative estimate of drug-likeness (QED) is 0.723. The maximum Gasteiger partial charge on any atom is 0.319 e. The molecule has 6 nitrogen and oxygen atoms in total. The van der Waals surface area contributed by atoms with Gasteiger partial charge in [0.15, 0.2) is 0 Å². The van der Waals surface area contributed by atoms with Gasteiger partial charge in [0.05, 0.1) is 6.04 Å². The Bertz CT molecular complexity index is 958. The van der Waals surface area contributed by atoms with Gasteiger partial charge in [-0.3, -0.25) is 4.79 Å². The second-order valence-corrected chi connectivity index (χ2v) is 6.74. The Balaban J connectivity index is 1.71. The minimum Gasteiger partial charge on any atom is -0.459 e. The van der Waals surface area contributed by atoms with Crippen molar-refractivity contribution >= 4 is 28.6 Å². The molecule has 2 aromatic carbocycles. The molecule has 2 N–H and O–H groups in total. The lowest BCUT2D eigenvalue weighted by molar-refractivity contribution is 0.0827. The maximum absolute atomic E-state index is 12.4. The number of fused-ring (bicyclic) bond motifs is 1. The van der Waals surface area contributed by atoms with E-state index in [0.29, 0.717) is 17.0 Å². The molecule has 3 aromatic rings. The summed E-state index contributed by atoms with van der Waals surface area (Å²) in [6.07, 6.45) is 0. The summed E-state index contributed by atoms with van der Waals surface area (Å²) in [6, 6.07) is 14.2. The van der Waals surface area contributed by atoms with E-state index in [1.165, 1.54) is 4.90 Å². The molecular formula is C21H23N3O3. The highest BCUT2D eigenvalue weighted by Gasteiger charge is 2.16. The fourth-order valence-corrected chi connectivity index (χ4v) is 2.79. The molecule has 0 saturated carbocycles. The molecule has 1 heterocycles. The minimum absolute atomic E-state index is 0.117. The Morgan fingerprint density at radius 1 is 1.07 bits per heavy atom. The lowest BCUT2D eigenvalue weighted by atomic mass is 10.1. The van der Waals surface area contributed by atoms with Crippen LogP contribution in [0.3, 0.4) is 0 Å². The monoisotopic (exact) mass is 365 g/mol. The number of carbonyl (C=O) groups is 2. The third-order valence-corrected chi connectivity index (χ3v) is 4.36. The zero-order valence-corrected chi connectivity index (χ0v) is 15.9. The van der Waals surface area contributed by atoms with E-state index >= 15 is 0 Å². The highest BCUT2D eigenvalue weighted by Crippen LogP contribution is 2.24. The second kappa shape index (κ2) is 7.53. The van der Waals surface area contributed by atoms with Crippen molar-refractivity contribution in [2.75, 3.05) is 19.4 Å². The van der Waals surface area contributed by atoms with E-state index in [4.69, 9.17) is 4.42 Å². The van der Waals surface area contributed by atoms with Crippen LogP contribution in [0.25, 0.3) is 11.0 Å². The molecule has 0 saturated heterocycles. The number of nitrogens with zero attached hydrogens (tertiary/aromatic N) is 1. The highest BCUT2D eigenvalue weighted by atomic mass is 16.3. The first-order valence-electron chi connectivity index (χ1n) is 8.73. The minimum atomic E-state index is -0.361. The number of anilines is 1. The lowest BCUT2D eigenvalue weighted by Gasteiger charge is -2.15. The van der Waals surface area contributed by atoms with Gasteiger partial charge in [-0.1, -0.05) is 24.3 Å². The number of furan rings is 1. The average molecular weight is 365 g/mol. The smallest absolute Gasteiger partial charge is 0.319 e. The van der Waals surface area contributed by atoms with E-state index in [9.17, 15) is 9.59 Å². The number of amides is 3. The van der Waals surface area contributed by atoms with Crippen LogP contribution in [-0.2, 0) is 0 Å². The fourth-order valence-electron chi connectivity index (χ4n) is 2.79. The summed E-state index contributed by atoms with van der Waals surface area (Å²) in [5.41, 5.74) is 2.77. The van der Waals surface area contributed by atoms with E-state index < -0.39 is 0 Å². The third-order valence-electron chi connectivity index (χ3n) is 4.36. The number of para-hydroxylation sites is 1. The number of urea groups is 1. The van der Waals surface area contributed by atoms with Crippen molar-refractivity contribution in [3.05, 3.63) is 65.4 Å². The van der Waals surface area contributed by atoms with Gasteiger partial charge in [0, 0.05) is 30.7 Å². The molecule has 3 amide bonds. The molecule has 0 fully saturated rings. The number of carbonyl (C=O) groups excluding carboxylic acids is 2. The maximum atomic E-state index is 12.4. The number of rotatable bonds is 4. The molecule has 1 atom stereocenters. The molecule has 0 aliphatic carbocycles. The molecule has 0 spiro atoms. The van der Waals surface area contributed by atoms with E-state index in [2.05, 4.69) is 10.6 Å². The van der Waals surface area contributed by atoms with Crippen molar-refractivity contribution in [2.45, 2.75) is 19.9 Å². The van der Waals surface area contributed by atoms with Gasteiger partial charge in [-0.05, 0) is 43.7 Å². The summed E-state index contributed by atoms with van der Waals surface area (Å²) < 4.78 is 5.79. The van der Waals surface area contributed by atoms with Crippen molar-refractivity contribution in [1.82, 2.24) is 10.2 Å². The molecular weight excluding hydrogens is 342 g/mol. The SMILES string of the molecule is Cc1ccc(C(=O)N(C)C)cc1NC(=O)N[C@@H](C)c1cc2ccccc2o1. The summed E-state index contributed by atoms with van der Waals surface area (Å²) >= 11 is 0. The zero-order valence-electron chi connectivity index (χ0n) is 15.9. The highest BCUT2D eigenvalue weighted by molar-refractivity contribution is 5.97.